The molecule has 1 aliphatic rings. The number of benzene rings is 4. The molecule has 5 aromatic rings. The van der Waals surface area contributed by atoms with E-state index in [0.29, 0.717) is 44.3 Å². The Morgan fingerprint density at radius 2 is 1.70 bits per heavy atom. The summed E-state index contributed by atoms with van der Waals surface area (Å²) in [7, 11) is 1.52. The third-order valence-electron chi connectivity index (χ3n) is 7.71. The number of amides is 1. The van der Waals surface area contributed by atoms with E-state index in [1.54, 1.807) is 24.3 Å². The fourth-order valence-electron chi connectivity index (χ4n) is 5.27. The largest absolute Gasteiger partial charge is 0.507 e. The molecule has 6 rings (SSSR count). The molecule has 0 radical (unpaired) electrons. The Labute approximate surface area is 285 Å². The van der Waals surface area contributed by atoms with Crippen molar-refractivity contribution in [2.45, 2.75) is 36.6 Å². The zero-order valence-electron chi connectivity index (χ0n) is 25.8. The van der Waals surface area contributed by atoms with E-state index in [1.807, 2.05) is 80.6 Å². The van der Waals surface area contributed by atoms with Crippen molar-refractivity contribution in [2.75, 3.05) is 12.0 Å². The molecule has 1 amide bonds. The predicted molar refractivity (Wildman–Crippen MR) is 185 cm³/mol. The minimum Gasteiger partial charge on any atom is -0.507 e. The summed E-state index contributed by atoms with van der Waals surface area (Å²) in [4.78, 5) is 28.9. The van der Waals surface area contributed by atoms with E-state index in [-0.39, 0.29) is 16.5 Å². The zero-order chi connectivity index (χ0) is 33.1. The SMILES string of the molecule is COc1cc(C2/C(=C(\O)c3cc(C)ccc3C)C(=O)C(=O)N2c2nnc(SCc3ccc(Cl)cc3)s2)ccc1OCc1ccccc1. The molecule has 1 aromatic heterocycles. The second-order valence-electron chi connectivity index (χ2n) is 10.9. The Morgan fingerprint density at radius 3 is 2.45 bits per heavy atom. The van der Waals surface area contributed by atoms with Crippen LogP contribution >= 0.6 is 34.7 Å². The van der Waals surface area contributed by atoms with Gasteiger partial charge in [-0.1, -0.05) is 101 Å². The first-order valence-electron chi connectivity index (χ1n) is 14.7. The molecule has 1 atom stereocenters. The number of aliphatic hydroxyl groups excluding tert-OH is 1. The van der Waals surface area contributed by atoms with Gasteiger partial charge in [0.1, 0.15) is 12.4 Å². The van der Waals surface area contributed by atoms with Gasteiger partial charge in [0.2, 0.25) is 5.13 Å². The van der Waals surface area contributed by atoms with Gasteiger partial charge in [0.05, 0.1) is 18.7 Å². The van der Waals surface area contributed by atoms with Crippen molar-refractivity contribution in [3.05, 3.63) is 135 Å². The van der Waals surface area contributed by atoms with Crippen LogP contribution in [0.1, 0.15) is 39.4 Å². The summed E-state index contributed by atoms with van der Waals surface area (Å²) in [6.07, 6.45) is 0. The summed E-state index contributed by atoms with van der Waals surface area (Å²) in [5.74, 6) is -0.377. The molecule has 47 heavy (non-hydrogen) atoms. The van der Waals surface area contributed by atoms with Gasteiger partial charge in [-0.05, 0) is 66.4 Å². The number of thioether (sulfide) groups is 1. The number of rotatable bonds is 10. The van der Waals surface area contributed by atoms with E-state index in [9.17, 15) is 14.7 Å². The Bertz CT molecular complexity index is 1980. The van der Waals surface area contributed by atoms with Crippen molar-refractivity contribution in [2.24, 2.45) is 0 Å². The Hall–Kier alpha value is -4.64. The molecule has 1 N–H and O–H groups in total. The van der Waals surface area contributed by atoms with Crippen LogP contribution in [0.25, 0.3) is 5.76 Å². The highest BCUT2D eigenvalue weighted by Gasteiger charge is 2.48. The highest BCUT2D eigenvalue weighted by Crippen LogP contribution is 2.46. The summed E-state index contributed by atoms with van der Waals surface area (Å²) in [6.45, 7) is 4.06. The lowest BCUT2D eigenvalue weighted by atomic mass is 9.93. The first-order chi connectivity index (χ1) is 22.7. The van der Waals surface area contributed by atoms with Gasteiger partial charge in [-0.25, -0.2) is 0 Å². The lowest BCUT2D eigenvalue weighted by Gasteiger charge is -2.23. The molecular formula is C36H30ClN3O5S2. The number of halogens is 1. The van der Waals surface area contributed by atoms with Crippen LogP contribution in [0.5, 0.6) is 11.5 Å². The number of aryl methyl sites for hydroxylation is 2. The van der Waals surface area contributed by atoms with Crippen LogP contribution in [-0.2, 0) is 21.9 Å². The first-order valence-corrected chi connectivity index (χ1v) is 16.9. The van der Waals surface area contributed by atoms with Crippen LogP contribution in [0.15, 0.2) is 101 Å². The number of ether oxygens (including phenoxy) is 2. The van der Waals surface area contributed by atoms with Crippen LogP contribution in [0.3, 0.4) is 0 Å². The van der Waals surface area contributed by atoms with Gasteiger partial charge >= 0.3 is 5.91 Å². The molecule has 0 spiro atoms. The predicted octanol–water partition coefficient (Wildman–Crippen LogP) is 8.31. The number of nitrogens with zero attached hydrogens (tertiary/aromatic N) is 3. The minimum absolute atomic E-state index is 0.0470. The number of aromatic nitrogens is 2. The van der Waals surface area contributed by atoms with Crippen molar-refractivity contribution in [1.29, 1.82) is 0 Å². The fraction of sp³-hybridized carbons (Fsp3) is 0.167. The quantitative estimate of drug-likeness (QED) is 0.0516. The molecule has 0 aliphatic carbocycles. The Balaban J connectivity index is 1.40. The van der Waals surface area contributed by atoms with Crippen molar-refractivity contribution in [1.82, 2.24) is 10.2 Å². The average molecular weight is 684 g/mol. The maximum absolute atomic E-state index is 13.8. The Kier molecular flexibility index (Phi) is 9.63. The molecule has 8 nitrogen and oxygen atoms in total. The summed E-state index contributed by atoms with van der Waals surface area (Å²) in [5.41, 5.74) is 4.65. The Morgan fingerprint density at radius 1 is 0.936 bits per heavy atom. The number of Topliss-reactive ketones (excluding diaryl/α,β-unsaturated/α-hetero) is 1. The number of carbonyl (C=O) groups is 2. The number of ketones is 1. The van der Waals surface area contributed by atoms with E-state index in [0.717, 1.165) is 22.3 Å². The third kappa shape index (κ3) is 6.90. The van der Waals surface area contributed by atoms with Crippen LogP contribution < -0.4 is 14.4 Å². The molecule has 238 valence electrons. The number of hydrogen-bond acceptors (Lipinski definition) is 9. The van der Waals surface area contributed by atoms with Crippen LogP contribution in [0, 0.1) is 13.8 Å². The molecule has 0 bridgehead atoms. The fourth-order valence-corrected chi connectivity index (χ4v) is 7.22. The van der Waals surface area contributed by atoms with Gasteiger partial charge in [-0.2, -0.15) is 0 Å². The second kappa shape index (κ2) is 14.0. The third-order valence-corrected chi connectivity index (χ3v) is 10.1. The average Bonchev–Trinajstić information content (AvgIpc) is 3.66. The number of hydrogen-bond donors (Lipinski definition) is 1. The highest BCUT2D eigenvalue weighted by molar-refractivity contribution is 8.00. The summed E-state index contributed by atoms with van der Waals surface area (Å²) >= 11 is 8.68. The number of anilines is 1. The number of aliphatic hydroxyl groups is 1. The monoisotopic (exact) mass is 683 g/mol. The van der Waals surface area contributed by atoms with Gasteiger partial charge in [-0.15, -0.1) is 10.2 Å². The lowest BCUT2D eigenvalue weighted by Crippen LogP contribution is -2.29. The molecule has 1 saturated heterocycles. The second-order valence-corrected chi connectivity index (χ2v) is 13.6. The highest BCUT2D eigenvalue weighted by atomic mass is 35.5. The van der Waals surface area contributed by atoms with Gasteiger partial charge < -0.3 is 14.6 Å². The van der Waals surface area contributed by atoms with Crippen LogP contribution in [0.2, 0.25) is 5.02 Å². The van der Waals surface area contributed by atoms with Crippen molar-refractivity contribution < 1.29 is 24.2 Å². The standard InChI is InChI=1S/C36H30ClN3O5S2/c1-21-9-10-22(2)27(17-21)32(41)30-31(25-13-16-28(29(18-25)44-3)45-19-23-7-5-4-6-8-23)40(34(43)33(30)42)35-38-39-36(47-35)46-20-24-11-14-26(37)15-12-24/h4-18,31,41H,19-20H2,1-3H3/b32-30+. The van der Waals surface area contributed by atoms with Gasteiger partial charge in [0.25, 0.3) is 5.78 Å². The van der Waals surface area contributed by atoms with E-state index >= 15 is 0 Å². The van der Waals surface area contributed by atoms with Crippen LogP contribution in [0.4, 0.5) is 5.13 Å². The van der Waals surface area contributed by atoms with E-state index in [2.05, 4.69) is 10.2 Å². The summed E-state index contributed by atoms with van der Waals surface area (Å²) in [6, 6.07) is 27.1. The minimum atomic E-state index is -1.01. The zero-order valence-corrected chi connectivity index (χ0v) is 28.2. The van der Waals surface area contributed by atoms with E-state index < -0.39 is 17.7 Å². The van der Waals surface area contributed by atoms with Crippen molar-refractivity contribution in [3.8, 4) is 11.5 Å². The smallest absolute Gasteiger partial charge is 0.301 e. The van der Waals surface area contributed by atoms with Gasteiger partial charge in [0.15, 0.2) is 15.8 Å². The van der Waals surface area contributed by atoms with E-state index in [1.165, 1.54) is 35.1 Å². The normalized spacial score (nSPS) is 15.7. The molecule has 4 aromatic carbocycles. The maximum atomic E-state index is 13.8. The molecule has 11 heteroatoms. The van der Waals surface area contributed by atoms with Crippen LogP contribution in [-0.4, -0.2) is 34.1 Å². The van der Waals surface area contributed by atoms with Gasteiger partial charge in [-0.3, -0.25) is 14.5 Å². The molecule has 0 saturated carbocycles. The maximum Gasteiger partial charge on any atom is 0.301 e. The molecule has 1 unspecified atom stereocenters. The first kappa shape index (κ1) is 32.3. The van der Waals surface area contributed by atoms with E-state index in [4.69, 9.17) is 21.1 Å². The molecule has 1 aliphatic heterocycles. The molecular weight excluding hydrogens is 654 g/mol. The van der Waals surface area contributed by atoms with Crippen molar-refractivity contribution >= 4 is 57.3 Å². The molecule has 1 fully saturated rings. The number of carbonyl (C=O) groups excluding carboxylic acids is 2. The van der Waals surface area contributed by atoms with Crippen molar-refractivity contribution in [3.63, 3.8) is 0 Å². The topological polar surface area (TPSA) is 102 Å². The molecule has 2 heterocycles. The summed E-state index contributed by atoms with van der Waals surface area (Å²) in [5, 5.41) is 21.2. The summed E-state index contributed by atoms with van der Waals surface area (Å²) < 4.78 is 12.4. The van der Waals surface area contributed by atoms with Gasteiger partial charge in [0, 0.05) is 16.3 Å². The lowest BCUT2D eigenvalue weighted by molar-refractivity contribution is -0.132. The number of methoxy groups -OCH3 is 1.